The third kappa shape index (κ3) is 3.13. The SMILES string of the molecule is CSC1CC2CCC(C1)N2C(=O)CCc1ccccc1C. The number of piperidine rings is 1. The molecule has 2 unspecified atom stereocenters. The van der Waals surface area contributed by atoms with Crippen molar-refractivity contribution in [2.24, 2.45) is 0 Å². The minimum atomic E-state index is 0.380. The van der Waals surface area contributed by atoms with Gasteiger partial charge in [-0.25, -0.2) is 0 Å². The van der Waals surface area contributed by atoms with E-state index in [9.17, 15) is 4.79 Å². The first-order chi connectivity index (χ1) is 10.2. The van der Waals surface area contributed by atoms with Gasteiger partial charge in [-0.3, -0.25) is 4.79 Å². The summed E-state index contributed by atoms with van der Waals surface area (Å²) >= 11 is 1.98. The number of carbonyl (C=O) groups is 1. The van der Waals surface area contributed by atoms with E-state index < -0.39 is 0 Å². The maximum absolute atomic E-state index is 12.7. The van der Waals surface area contributed by atoms with Crippen molar-refractivity contribution in [3.8, 4) is 0 Å². The molecule has 2 fully saturated rings. The Morgan fingerprint density at radius 2 is 1.90 bits per heavy atom. The van der Waals surface area contributed by atoms with Gasteiger partial charge in [0.2, 0.25) is 5.91 Å². The molecule has 1 aromatic rings. The fourth-order valence-electron chi connectivity index (χ4n) is 3.99. The third-order valence-corrected chi connectivity index (χ3v) is 6.23. The minimum Gasteiger partial charge on any atom is -0.337 e. The number of hydrogen-bond donors (Lipinski definition) is 0. The molecule has 21 heavy (non-hydrogen) atoms. The number of hydrogen-bond acceptors (Lipinski definition) is 2. The Morgan fingerprint density at radius 3 is 2.52 bits per heavy atom. The summed E-state index contributed by atoms with van der Waals surface area (Å²) in [5, 5.41) is 0.767. The molecule has 0 radical (unpaired) electrons. The van der Waals surface area contributed by atoms with E-state index in [0.717, 1.165) is 11.7 Å². The lowest BCUT2D eigenvalue weighted by molar-refractivity contribution is -0.135. The fraction of sp³-hybridized carbons (Fsp3) is 0.611. The van der Waals surface area contributed by atoms with E-state index in [1.54, 1.807) is 0 Å². The Kier molecular flexibility index (Phi) is 4.58. The van der Waals surface area contributed by atoms with Crippen molar-refractivity contribution in [2.75, 3.05) is 6.26 Å². The molecule has 2 heterocycles. The van der Waals surface area contributed by atoms with Crippen LogP contribution < -0.4 is 0 Å². The zero-order valence-corrected chi connectivity index (χ0v) is 13.9. The predicted octanol–water partition coefficient (Wildman–Crippen LogP) is 3.81. The lowest BCUT2D eigenvalue weighted by Gasteiger charge is -2.38. The Labute approximate surface area is 132 Å². The van der Waals surface area contributed by atoms with Gasteiger partial charge in [-0.2, -0.15) is 11.8 Å². The molecule has 0 aromatic heterocycles. The summed E-state index contributed by atoms with van der Waals surface area (Å²) in [6.07, 6.45) is 8.60. The zero-order valence-electron chi connectivity index (χ0n) is 13.0. The van der Waals surface area contributed by atoms with Crippen LogP contribution in [0.3, 0.4) is 0 Å². The van der Waals surface area contributed by atoms with E-state index >= 15 is 0 Å². The van der Waals surface area contributed by atoms with E-state index in [0.29, 0.717) is 24.4 Å². The van der Waals surface area contributed by atoms with Gasteiger partial charge in [0.05, 0.1) is 0 Å². The van der Waals surface area contributed by atoms with Crippen LogP contribution in [0.5, 0.6) is 0 Å². The molecule has 114 valence electrons. The highest BCUT2D eigenvalue weighted by atomic mass is 32.2. The van der Waals surface area contributed by atoms with Crippen LogP contribution in [0.1, 0.15) is 43.2 Å². The van der Waals surface area contributed by atoms with E-state index in [2.05, 4.69) is 42.3 Å². The number of rotatable bonds is 4. The largest absolute Gasteiger partial charge is 0.337 e. The van der Waals surface area contributed by atoms with Crippen LogP contribution in [0.4, 0.5) is 0 Å². The second-order valence-corrected chi connectivity index (χ2v) is 7.58. The van der Waals surface area contributed by atoms with Crippen molar-refractivity contribution < 1.29 is 4.79 Å². The average Bonchev–Trinajstić information content (AvgIpc) is 2.76. The van der Waals surface area contributed by atoms with Crippen LogP contribution >= 0.6 is 11.8 Å². The first kappa shape index (κ1) is 15.0. The number of aryl methyl sites for hydroxylation is 2. The highest BCUT2D eigenvalue weighted by Crippen LogP contribution is 2.39. The number of thioether (sulfide) groups is 1. The number of amides is 1. The van der Waals surface area contributed by atoms with Crippen molar-refractivity contribution >= 4 is 17.7 Å². The lowest BCUT2D eigenvalue weighted by atomic mass is 9.99. The Hall–Kier alpha value is -0.960. The first-order valence-corrected chi connectivity index (χ1v) is 9.36. The quantitative estimate of drug-likeness (QED) is 0.843. The summed E-state index contributed by atoms with van der Waals surface area (Å²) in [5.41, 5.74) is 2.62. The Morgan fingerprint density at radius 1 is 1.24 bits per heavy atom. The van der Waals surface area contributed by atoms with Gasteiger partial charge < -0.3 is 4.90 Å². The minimum absolute atomic E-state index is 0.380. The lowest BCUT2D eigenvalue weighted by Crippen LogP contribution is -2.47. The molecule has 1 amide bonds. The van der Waals surface area contributed by atoms with Gasteiger partial charge in [0.25, 0.3) is 0 Å². The van der Waals surface area contributed by atoms with Crippen LogP contribution in [0.25, 0.3) is 0 Å². The van der Waals surface area contributed by atoms with Gasteiger partial charge >= 0.3 is 0 Å². The number of carbonyl (C=O) groups excluding carboxylic acids is 1. The fourth-order valence-corrected chi connectivity index (χ4v) is 4.82. The molecule has 0 saturated carbocycles. The maximum Gasteiger partial charge on any atom is 0.223 e. The Balaban J connectivity index is 1.60. The molecular formula is C18H25NOS. The monoisotopic (exact) mass is 303 g/mol. The van der Waals surface area contributed by atoms with E-state index in [4.69, 9.17) is 0 Å². The third-order valence-electron chi connectivity index (χ3n) is 5.18. The average molecular weight is 303 g/mol. The van der Waals surface area contributed by atoms with Crippen LogP contribution in [0.15, 0.2) is 24.3 Å². The zero-order chi connectivity index (χ0) is 14.8. The van der Waals surface area contributed by atoms with Crippen LogP contribution in [-0.2, 0) is 11.2 Å². The molecule has 2 saturated heterocycles. The summed E-state index contributed by atoms with van der Waals surface area (Å²) in [7, 11) is 0. The summed E-state index contributed by atoms with van der Waals surface area (Å²) in [6, 6.07) is 9.45. The van der Waals surface area contributed by atoms with Crippen LogP contribution in [-0.4, -0.2) is 34.4 Å². The normalized spacial score (nSPS) is 27.9. The van der Waals surface area contributed by atoms with Gasteiger partial charge in [0.15, 0.2) is 0 Å². The molecular weight excluding hydrogens is 278 g/mol. The second kappa shape index (κ2) is 6.43. The molecule has 0 spiro atoms. The smallest absolute Gasteiger partial charge is 0.223 e. The van der Waals surface area contributed by atoms with Crippen LogP contribution in [0, 0.1) is 6.92 Å². The predicted molar refractivity (Wildman–Crippen MR) is 89.7 cm³/mol. The molecule has 2 bridgehead atoms. The van der Waals surface area contributed by atoms with Crippen molar-refractivity contribution in [1.82, 2.24) is 4.90 Å². The standard InChI is InChI=1S/C18H25NOS/c1-13-5-3-4-6-14(13)7-10-18(20)19-15-8-9-16(19)12-17(11-15)21-2/h3-6,15-17H,7-12H2,1-2H3. The van der Waals surface area contributed by atoms with E-state index in [-0.39, 0.29) is 0 Å². The highest BCUT2D eigenvalue weighted by molar-refractivity contribution is 7.99. The van der Waals surface area contributed by atoms with Gasteiger partial charge in [0.1, 0.15) is 0 Å². The molecule has 3 rings (SSSR count). The van der Waals surface area contributed by atoms with E-state index in [1.165, 1.54) is 36.8 Å². The van der Waals surface area contributed by atoms with Gasteiger partial charge in [-0.15, -0.1) is 0 Å². The number of fused-ring (bicyclic) bond motifs is 2. The summed E-state index contributed by atoms with van der Waals surface area (Å²) in [4.78, 5) is 14.9. The first-order valence-electron chi connectivity index (χ1n) is 8.07. The van der Waals surface area contributed by atoms with Crippen molar-refractivity contribution in [1.29, 1.82) is 0 Å². The molecule has 2 nitrogen and oxygen atoms in total. The van der Waals surface area contributed by atoms with E-state index in [1.807, 2.05) is 11.8 Å². The van der Waals surface area contributed by atoms with Crippen molar-refractivity contribution in [3.05, 3.63) is 35.4 Å². The van der Waals surface area contributed by atoms with Crippen molar-refractivity contribution in [2.45, 2.75) is 62.8 Å². The summed E-state index contributed by atoms with van der Waals surface area (Å²) in [6.45, 7) is 2.13. The van der Waals surface area contributed by atoms with Gasteiger partial charge in [-0.1, -0.05) is 24.3 Å². The molecule has 3 heteroatoms. The molecule has 2 aliphatic rings. The Bertz CT molecular complexity index is 502. The summed E-state index contributed by atoms with van der Waals surface area (Å²) in [5.74, 6) is 0.380. The molecule has 2 aliphatic heterocycles. The number of benzene rings is 1. The highest BCUT2D eigenvalue weighted by Gasteiger charge is 2.42. The molecule has 2 atom stereocenters. The van der Waals surface area contributed by atoms with Crippen LogP contribution in [0.2, 0.25) is 0 Å². The molecule has 0 aliphatic carbocycles. The van der Waals surface area contributed by atoms with Gasteiger partial charge in [-0.05, 0) is 56.4 Å². The van der Waals surface area contributed by atoms with Crippen molar-refractivity contribution in [3.63, 3.8) is 0 Å². The second-order valence-electron chi connectivity index (χ2n) is 6.44. The molecule has 0 N–H and O–H groups in total. The maximum atomic E-state index is 12.7. The summed E-state index contributed by atoms with van der Waals surface area (Å²) < 4.78 is 0. The number of nitrogens with zero attached hydrogens (tertiary/aromatic N) is 1. The topological polar surface area (TPSA) is 20.3 Å². The van der Waals surface area contributed by atoms with Gasteiger partial charge in [0, 0.05) is 23.8 Å². The molecule has 1 aromatic carbocycles.